The number of aromatic nitrogens is 7. The zero-order valence-corrected chi connectivity index (χ0v) is 16.9. The van der Waals surface area contributed by atoms with E-state index in [2.05, 4.69) is 32.0 Å². The summed E-state index contributed by atoms with van der Waals surface area (Å²) < 4.78 is 31.3. The molecule has 4 aromatic rings. The van der Waals surface area contributed by atoms with Gasteiger partial charge in [0, 0.05) is 24.2 Å². The van der Waals surface area contributed by atoms with Crippen molar-refractivity contribution in [3.8, 4) is 23.0 Å². The Hall–Kier alpha value is -4.21. The van der Waals surface area contributed by atoms with Gasteiger partial charge in [0.15, 0.2) is 11.6 Å². The van der Waals surface area contributed by atoms with Crippen LogP contribution in [0, 0.1) is 11.6 Å². The summed E-state index contributed by atoms with van der Waals surface area (Å²) in [5, 5.41) is 8.41. The molecule has 1 aromatic carbocycles. The second-order valence-electron chi connectivity index (χ2n) is 7.43. The summed E-state index contributed by atoms with van der Waals surface area (Å²) in [5.74, 6) is 0.743. The average Bonchev–Trinajstić information content (AvgIpc) is 3.42. The van der Waals surface area contributed by atoms with Crippen molar-refractivity contribution in [1.29, 1.82) is 0 Å². The molecule has 0 saturated carbocycles. The number of nitrogens with zero attached hydrogens (tertiary/aromatic N) is 8. The van der Waals surface area contributed by atoms with E-state index in [0.29, 0.717) is 11.8 Å². The predicted octanol–water partition coefficient (Wildman–Crippen LogP) is 3.91. The van der Waals surface area contributed by atoms with Gasteiger partial charge < -0.3 is 4.90 Å². The molecular formula is C22H16F2N8. The molecule has 8 nitrogen and oxygen atoms in total. The molecule has 2 aliphatic rings. The minimum atomic E-state index is -0.707. The first-order chi connectivity index (χ1) is 15.7. The smallest absolute Gasteiger partial charge is 0.237 e. The van der Waals surface area contributed by atoms with Crippen LogP contribution in [0.25, 0.3) is 23.0 Å². The highest BCUT2D eigenvalue weighted by Crippen LogP contribution is 2.41. The molecule has 6 rings (SSSR count). The summed E-state index contributed by atoms with van der Waals surface area (Å²) in [6.45, 7) is 2.08. The molecule has 10 heteroatoms. The zero-order chi connectivity index (χ0) is 21.8. The van der Waals surface area contributed by atoms with Gasteiger partial charge >= 0.3 is 0 Å². The van der Waals surface area contributed by atoms with E-state index in [1.54, 1.807) is 23.3 Å². The zero-order valence-electron chi connectivity index (χ0n) is 16.9. The van der Waals surface area contributed by atoms with E-state index in [9.17, 15) is 8.78 Å². The Kier molecular flexibility index (Phi) is 4.00. The van der Waals surface area contributed by atoms with Crippen molar-refractivity contribution in [1.82, 2.24) is 34.3 Å². The monoisotopic (exact) mass is 430 g/mol. The van der Waals surface area contributed by atoms with Gasteiger partial charge in [0.05, 0.1) is 17.8 Å². The van der Waals surface area contributed by atoms with Crippen LogP contribution in [0.5, 0.6) is 0 Å². The van der Waals surface area contributed by atoms with Crippen molar-refractivity contribution >= 4 is 5.82 Å². The Bertz CT molecular complexity index is 1420. The van der Waals surface area contributed by atoms with Crippen LogP contribution >= 0.6 is 0 Å². The number of anilines is 1. The van der Waals surface area contributed by atoms with Gasteiger partial charge in [0.25, 0.3) is 0 Å². The summed E-state index contributed by atoms with van der Waals surface area (Å²) in [5.41, 5.74) is 1.91. The van der Waals surface area contributed by atoms with E-state index in [-0.39, 0.29) is 17.4 Å². The molecule has 0 bridgehead atoms. The molecule has 0 saturated heterocycles. The molecular weight excluding hydrogens is 414 g/mol. The first-order valence-electron chi connectivity index (χ1n) is 10.1. The summed E-state index contributed by atoms with van der Waals surface area (Å²) in [7, 11) is 0. The van der Waals surface area contributed by atoms with Gasteiger partial charge in [-0.05, 0) is 30.7 Å². The fraction of sp³-hybridized carbons (Fsp3) is 0.136. The molecule has 0 N–H and O–H groups in total. The van der Waals surface area contributed by atoms with Crippen LogP contribution in [0.1, 0.15) is 25.2 Å². The van der Waals surface area contributed by atoms with Crippen LogP contribution in [-0.4, -0.2) is 34.3 Å². The first kappa shape index (κ1) is 18.6. The van der Waals surface area contributed by atoms with Crippen LogP contribution < -0.4 is 4.90 Å². The van der Waals surface area contributed by atoms with E-state index in [1.807, 2.05) is 22.8 Å². The molecule has 4 heterocycles. The van der Waals surface area contributed by atoms with Crippen LogP contribution in [-0.2, 0) is 0 Å². The van der Waals surface area contributed by atoms with Gasteiger partial charge in [-0.15, -0.1) is 10.2 Å². The normalized spacial score (nSPS) is 16.4. The van der Waals surface area contributed by atoms with Crippen LogP contribution in [0.15, 0.2) is 67.0 Å². The minimum Gasteiger partial charge on any atom is -0.314 e. The third-order valence-electron chi connectivity index (χ3n) is 5.64. The second kappa shape index (κ2) is 6.91. The van der Waals surface area contributed by atoms with E-state index in [1.165, 1.54) is 18.3 Å². The van der Waals surface area contributed by atoms with Crippen molar-refractivity contribution in [2.45, 2.75) is 19.4 Å². The maximum absolute atomic E-state index is 14.5. The van der Waals surface area contributed by atoms with E-state index in [4.69, 9.17) is 4.98 Å². The maximum atomic E-state index is 14.5. The lowest BCUT2D eigenvalue weighted by Gasteiger charge is -2.38. The molecule has 1 atom stereocenters. The van der Waals surface area contributed by atoms with Crippen LogP contribution in [0.3, 0.4) is 0 Å². The van der Waals surface area contributed by atoms with E-state index < -0.39 is 11.6 Å². The van der Waals surface area contributed by atoms with E-state index in [0.717, 1.165) is 29.7 Å². The van der Waals surface area contributed by atoms with Gasteiger partial charge in [-0.25, -0.2) is 18.7 Å². The Balaban J connectivity index is 1.52. The van der Waals surface area contributed by atoms with Gasteiger partial charge in [-0.1, -0.05) is 13.0 Å². The maximum Gasteiger partial charge on any atom is 0.237 e. The lowest BCUT2D eigenvalue weighted by molar-refractivity contribution is 0.574. The highest BCUT2D eigenvalue weighted by Gasteiger charge is 2.36. The molecule has 1 aliphatic heterocycles. The van der Waals surface area contributed by atoms with Crippen molar-refractivity contribution < 1.29 is 8.78 Å². The third-order valence-corrected chi connectivity index (χ3v) is 5.64. The van der Waals surface area contributed by atoms with Gasteiger partial charge in [-0.2, -0.15) is 4.98 Å². The van der Waals surface area contributed by atoms with Gasteiger partial charge in [-0.3, -0.25) is 9.13 Å². The van der Waals surface area contributed by atoms with Crippen molar-refractivity contribution in [2.24, 2.45) is 0 Å². The molecule has 0 radical (unpaired) electrons. The van der Waals surface area contributed by atoms with Crippen LogP contribution in [0.2, 0.25) is 0 Å². The Labute approximate surface area is 181 Å². The van der Waals surface area contributed by atoms with Crippen molar-refractivity contribution in [3.63, 3.8) is 0 Å². The largest absolute Gasteiger partial charge is 0.314 e. The van der Waals surface area contributed by atoms with Gasteiger partial charge in [0.2, 0.25) is 5.95 Å². The standard InChI is InChI=1S/C22H16F2N8/c1-2-17-21-29-27-12-31(21)18-11-26-22(28-20(18)32(17)14-4-3-5-14)30-9-8-25-19(30)15-7-6-13(23)10-16(15)24/h3-12,17H,2H2,1H3/t17-/m1/s1. The number of halogens is 2. The van der Waals surface area contributed by atoms with Crippen LogP contribution in [0.4, 0.5) is 14.6 Å². The minimum absolute atomic E-state index is 0.0549. The SMILES string of the molecule is CC[C@@H]1c2nncn2-c2cnc(-n3ccnc3-c3ccc(F)cc3F)nc2N1C1=CC=C1. The average molecular weight is 430 g/mol. The van der Waals surface area contributed by atoms with Crippen molar-refractivity contribution in [2.75, 3.05) is 4.90 Å². The Morgan fingerprint density at radius 3 is 2.75 bits per heavy atom. The fourth-order valence-corrected chi connectivity index (χ4v) is 4.09. The second-order valence-corrected chi connectivity index (χ2v) is 7.43. The lowest BCUT2D eigenvalue weighted by Crippen LogP contribution is -2.35. The number of imidazole rings is 1. The number of rotatable bonds is 4. The number of hydrogen-bond acceptors (Lipinski definition) is 6. The van der Waals surface area contributed by atoms with E-state index >= 15 is 0 Å². The Morgan fingerprint density at radius 2 is 2.00 bits per heavy atom. The van der Waals surface area contributed by atoms with Crippen molar-refractivity contribution in [3.05, 3.63) is 84.5 Å². The Morgan fingerprint density at radius 1 is 1.12 bits per heavy atom. The highest BCUT2D eigenvalue weighted by atomic mass is 19.1. The molecule has 3 aromatic heterocycles. The summed E-state index contributed by atoms with van der Waals surface area (Å²) >= 11 is 0. The quantitative estimate of drug-likeness (QED) is 0.489. The summed E-state index contributed by atoms with van der Waals surface area (Å²) in [6, 6.07) is 3.33. The molecule has 0 spiro atoms. The number of allylic oxidation sites excluding steroid dienone is 3. The topological polar surface area (TPSA) is 77.5 Å². The number of benzene rings is 1. The molecule has 32 heavy (non-hydrogen) atoms. The third kappa shape index (κ3) is 2.62. The number of hydrogen-bond donors (Lipinski definition) is 0. The molecule has 0 amide bonds. The first-order valence-corrected chi connectivity index (χ1v) is 10.1. The lowest BCUT2D eigenvalue weighted by atomic mass is 10.1. The van der Waals surface area contributed by atoms with Gasteiger partial charge in [0.1, 0.15) is 29.5 Å². The molecule has 158 valence electrons. The fourth-order valence-electron chi connectivity index (χ4n) is 4.09. The predicted molar refractivity (Wildman–Crippen MR) is 112 cm³/mol. The highest BCUT2D eigenvalue weighted by molar-refractivity contribution is 5.68. The summed E-state index contributed by atoms with van der Waals surface area (Å²) in [6.07, 6.45) is 13.3. The molecule has 1 aliphatic carbocycles. The molecule has 0 unspecified atom stereocenters. The number of fused-ring (bicyclic) bond motifs is 3. The summed E-state index contributed by atoms with van der Waals surface area (Å²) in [4.78, 5) is 15.7. The molecule has 0 fully saturated rings.